The van der Waals surface area contributed by atoms with Gasteiger partial charge in [0.25, 0.3) is 0 Å². The summed E-state index contributed by atoms with van der Waals surface area (Å²) in [7, 11) is 2.09. The molecule has 1 aliphatic carbocycles. The van der Waals surface area contributed by atoms with Crippen LogP contribution in [0.3, 0.4) is 0 Å². The van der Waals surface area contributed by atoms with Gasteiger partial charge < -0.3 is 5.32 Å². The van der Waals surface area contributed by atoms with Crippen LogP contribution in [0.1, 0.15) is 31.2 Å². The van der Waals surface area contributed by atoms with Gasteiger partial charge in [0.1, 0.15) is 0 Å². The van der Waals surface area contributed by atoms with E-state index in [0.29, 0.717) is 5.54 Å². The second kappa shape index (κ2) is 4.67. The van der Waals surface area contributed by atoms with Crippen LogP contribution in [0.5, 0.6) is 0 Å². The van der Waals surface area contributed by atoms with Crippen molar-refractivity contribution < 1.29 is 0 Å². The van der Waals surface area contributed by atoms with E-state index < -0.39 is 0 Å². The first-order valence-electron chi connectivity index (χ1n) is 5.67. The Bertz CT molecular complexity index is 331. The summed E-state index contributed by atoms with van der Waals surface area (Å²) < 4.78 is 1.19. The van der Waals surface area contributed by atoms with Gasteiger partial charge in [0.05, 0.1) is 0 Å². The molecule has 0 saturated heterocycles. The largest absolute Gasteiger partial charge is 0.314 e. The first-order valence-corrected chi connectivity index (χ1v) is 6.47. The van der Waals surface area contributed by atoms with E-state index in [1.165, 1.54) is 42.1 Å². The van der Waals surface area contributed by atoms with E-state index in [4.69, 9.17) is 0 Å². The Balaban J connectivity index is 1.78. The van der Waals surface area contributed by atoms with Crippen LogP contribution in [0.25, 0.3) is 0 Å². The maximum atomic E-state index is 3.51. The highest BCUT2D eigenvalue weighted by Crippen LogP contribution is 2.39. The lowest BCUT2D eigenvalue weighted by atomic mass is 10.0. The Morgan fingerprint density at radius 2 is 2.20 bits per heavy atom. The van der Waals surface area contributed by atoms with E-state index in [2.05, 4.69) is 52.6 Å². The average molecular weight is 268 g/mol. The Labute approximate surface area is 100 Å². The Hall–Kier alpha value is -0.340. The molecular weight excluding hydrogens is 250 g/mol. The molecule has 1 N–H and O–H groups in total. The van der Waals surface area contributed by atoms with Crippen molar-refractivity contribution in [3.63, 3.8) is 0 Å². The summed E-state index contributed by atoms with van der Waals surface area (Å²) >= 11 is 3.51. The fraction of sp³-hybridized carbons (Fsp3) is 0.538. The summed E-state index contributed by atoms with van der Waals surface area (Å²) in [5, 5.41) is 3.44. The Morgan fingerprint density at radius 1 is 1.40 bits per heavy atom. The fourth-order valence-electron chi connectivity index (χ4n) is 2.10. The molecule has 0 bridgehead atoms. The van der Waals surface area contributed by atoms with E-state index in [1.54, 1.807) is 0 Å². The molecule has 0 unspecified atom stereocenters. The minimum atomic E-state index is 0.506. The number of hydrogen-bond acceptors (Lipinski definition) is 1. The predicted molar refractivity (Wildman–Crippen MR) is 68.1 cm³/mol. The molecule has 1 aromatic carbocycles. The van der Waals surface area contributed by atoms with Gasteiger partial charge in [-0.15, -0.1) is 0 Å². The van der Waals surface area contributed by atoms with Crippen LogP contribution in [-0.2, 0) is 6.42 Å². The highest BCUT2D eigenvalue weighted by Gasteiger charge is 2.39. The highest BCUT2D eigenvalue weighted by molar-refractivity contribution is 9.10. The second-order valence-corrected chi connectivity index (χ2v) is 5.43. The Kier molecular flexibility index (Phi) is 3.47. The summed E-state index contributed by atoms with van der Waals surface area (Å²) in [6.45, 7) is 0. The van der Waals surface area contributed by atoms with E-state index in [-0.39, 0.29) is 0 Å². The zero-order valence-corrected chi connectivity index (χ0v) is 10.8. The minimum absolute atomic E-state index is 0.506. The van der Waals surface area contributed by atoms with E-state index >= 15 is 0 Å². The van der Waals surface area contributed by atoms with Crippen molar-refractivity contribution in [2.45, 2.75) is 37.6 Å². The van der Waals surface area contributed by atoms with Crippen LogP contribution in [0.2, 0.25) is 0 Å². The quantitative estimate of drug-likeness (QED) is 0.861. The maximum Gasteiger partial charge on any atom is 0.0180 e. The number of halogens is 1. The fourth-order valence-corrected chi connectivity index (χ4v) is 2.55. The van der Waals surface area contributed by atoms with Gasteiger partial charge in [-0.1, -0.05) is 28.1 Å². The number of nitrogens with one attached hydrogen (secondary N) is 1. The second-order valence-electron chi connectivity index (χ2n) is 4.51. The molecule has 2 rings (SSSR count). The van der Waals surface area contributed by atoms with Crippen molar-refractivity contribution in [2.24, 2.45) is 0 Å². The predicted octanol–water partition coefficient (Wildman–Crippen LogP) is 3.52. The average Bonchev–Trinajstić information content (AvgIpc) is 2.99. The van der Waals surface area contributed by atoms with Crippen LogP contribution >= 0.6 is 15.9 Å². The van der Waals surface area contributed by atoms with Gasteiger partial charge in [-0.25, -0.2) is 0 Å². The standard InChI is InChI=1S/C13H18BrN/c1-15-13(8-9-13)7-3-5-11-4-2-6-12(14)10-11/h2,4,6,10,15H,3,5,7-9H2,1H3. The third-order valence-corrected chi connectivity index (χ3v) is 3.89. The van der Waals surface area contributed by atoms with Crippen LogP contribution in [0.4, 0.5) is 0 Å². The number of hydrogen-bond donors (Lipinski definition) is 1. The topological polar surface area (TPSA) is 12.0 Å². The zero-order chi connectivity index (χ0) is 10.7. The molecule has 2 heteroatoms. The van der Waals surface area contributed by atoms with Crippen LogP contribution in [0, 0.1) is 0 Å². The van der Waals surface area contributed by atoms with Gasteiger partial charge in [0.15, 0.2) is 0 Å². The molecule has 0 heterocycles. The first kappa shape index (κ1) is 11.2. The maximum absolute atomic E-state index is 3.51. The van der Waals surface area contributed by atoms with Crippen molar-refractivity contribution >= 4 is 15.9 Å². The molecule has 0 amide bonds. The summed E-state index contributed by atoms with van der Waals surface area (Å²) in [6.07, 6.45) is 6.53. The molecular formula is C13H18BrN. The lowest BCUT2D eigenvalue weighted by Crippen LogP contribution is -2.26. The molecule has 0 atom stereocenters. The first-order chi connectivity index (χ1) is 7.24. The molecule has 0 aromatic heterocycles. The molecule has 0 aliphatic heterocycles. The van der Waals surface area contributed by atoms with Crippen molar-refractivity contribution in [1.29, 1.82) is 0 Å². The molecule has 82 valence electrons. The summed E-state index contributed by atoms with van der Waals surface area (Å²) in [5.74, 6) is 0. The number of aryl methyl sites for hydroxylation is 1. The van der Waals surface area contributed by atoms with E-state index in [0.717, 1.165) is 0 Å². The van der Waals surface area contributed by atoms with Crippen molar-refractivity contribution in [1.82, 2.24) is 5.32 Å². The summed E-state index contributed by atoms with van der Waals surface area (Å²) in [4.78, 5) is 0. The SMILES string of the molecule is CNC1(CCCc2cccc(Br)c2)CC1. The molecule has 15 heavy (non-hydrogen) atoms. The molecule has 0 radical (unpaired) electrons. The van der Waals surface area contributed by atoms with Gasteiger partial charge in [-0.3, -0.25) is 0 Å². The van der Waals surface area contributed by atoms with Gasteiger partial charge in [-0.2, -0.15) is 0 Å². The summed E-state index contributed by atoms with van der Waals surface area (Å²) in [5.41, 5.74) is 1.95. The molecule has 1 fully saturated rings. The van der Waals surface area contributed by atoms with Crippen LogP contribution in [-0.4, -0.2) is 12.6 Å². The van der Waals surface area contributed by atoms with Crippen molar-refractivity contribution in [3.05, 3.63) is 34.3 Å². The van der Waals surface area contributed by atoms with Gasteiger partial charge >= 0.3 is 0 Å². The van der Waals surface area contributed by atoms with Gasteiger partial charge in [0.2, 0.25) is 0 Å². The van der Waals surface area contributed by atoms with Crippen molar-refractivity contribution in [2.75, 3.05) is 7.05 Å². The zero-order valence-electron chi connectivity index (χ0n) is 9.22. The highest BCUT2D eigenvalue weighted by atomic mass is 79.9. The smallest absolute Gasteiger partial charge is 0.0180 e. The molecule has 1 saturated carbocycles. The van der Waals surface area contributed by atoms with Gasteiger partial charge in [0, 0.05) is 10.0 Å². The lowest BCUT2D eigenvalue weighted by molar-refractivity contribution is 0.490. The number of benzene rings is 1. The molecule has 1 aromatic rings. The van der Waals surface area contributed by atoms with Crippen molar-refractivity contribution in [3.8, 4) is 0 Å². The molecule has 1 aliphatic rings. The number of rotatable bonds is 5. The molecule has 0 spiro atoms. The normalized spacial score (nSPS) is 17.7. The summed E-state index contributed by atoms with van der Waals surface area (Å²) in [6, 6.07) is 8.63. The van der Waals surface area contributed by atoms with Crippen LogP contribution < -0.4 is 5.32 Å². The van der Waals surface area contributed by atoms with E-state index in [1.807, 2.05) is 0 Å². The molecule has 1 nitrogen and oxygen atoms in total. The lowest BCUT2D eigenvalue weighted by Gasteiger charge is -2.13. The van der Waals surface area contributed by atoms with E-state index in [9.17, 15) is 0 Å². The van der Waals surface area contributed by atoms with Crippen LogP contribution in [0.15, 0.2) is 28.7 Å². The minimum Gasteiger partial charge on any atom is -0.314 e. The third-order valence-electron chi connectivity index (χ3n) is 3.39. The monoisotopic (exact) mass is 267 g/mol. The third kappa shape index (κ3) is 3.05. The Morgan fingerprint density at radius 3 is 2.80 bits per heavy atom. The van der Waals surface area contributed by atoms with Gasteiger partial charge in [-0.05, 0) is 56.8 Å².